The maximum atomic E-state index is 12.0. The van der Waals surface area contributed by atoms with Crippen LogP contribution in [0.3, 0.4) is 0 Å². The summed E-state index contributed by atoms with van der Waals surface area (Å²) in [6.07, 6.45) is 0. The summed E-state index contributed by atoms with van der Waals surface area (Å²) < 4.78 is 1.73. The largest absolute Gasteiger partial charge is 0.351 e. The quantitative estimate of drug-likeness (QED) is 0.867. The van der Waals surface area contributed by atoms with Gasteiger partial charge in [0, 0.05) is 24.1 Å². The van der Waals surface area contributed by atoms with Gasteiger partial charge in [0.05, 0.1) is 11.3 Å². The molecule has 0 spiro atoms. The highest BCUT2D eigenvalue weighted by molar-refractivity contribution is 9.09. The lowest BCUT2D eigenvalue weighted by Gasteiger charge is -2.14. The van der Waals surface area contributed by atoms with E-state index in [0.29, 0.717) is 22.9 Å². The molecule has 1 N–H and O–H groups in total. The van der Waals surface area contributed by atoms with E-state index in [-0.39, 0.29) is 5.91 Å². The number of amides is 1. The van der Waals surface area contributed by atoms with Gasteiger partial charge in [-0.15, -0.1) is 0 Å². The molecule has 0 aliphatic heterocycles. The van der Waals surface area contributed by atoms with E-state index in [2.05, 4.69) is 40.2 Å². The Labute approximate surface area is 111 Å². The third-order valence-corrected chi connectivity index (χ3v) is 4.30. The minimum atomic E-state index is -0.0433. The van der Waals surface area contributed by atoms with Crippen LogP contribution in [0.15, 0.2) is 0 Å². The number of carbonyl (C=O) groups excluding carboxylic acids is 1. The van der Waals surface area contributed by atoms with Crippen LogP contribution < -0.4 is 5.32 Å². The molecule has 0 aliphatic rings. The van der Waals surface area contributed by atoms with Gasteiger partial charge in [-0.1, -0.05) is 29.8 Å². The van der Waals surface area contributed by atoms with Gasteiger partial charge in [-0.25, -0.2) is 0 Å². The van der Waals surface area contributed by atoms with Crippen LogP contribution in [0.5, 0.6) is 0 Å². The zero-order valence-electron chi connectivity index (χ0n) is 11.0. The molecule has 5 heteroatoms. The van der Waals surface area contributed by atoms with Gasteiger partial charge in [0.15, 0.2) is 0 Å². The number of nitrogens with one attached hydrogen (secondary N) is 1. The normalized spacial score (nSPS) is 12.9. The standard InChI is InChI=1S/C12H20BrN3O/c1-7(2)10(13)6-14-12(17)11-8(3)15-16(5)9(11)4/h7,10H,6H2,1-5H3,(H,14,17). The topological polar surface area (TPSA) is 46.9 Å². The summed E-state index contributed by atoms with van der Waals surface area (Å²) in [7, 11) is 1.85. The fourth-order valence-electron chi connectivity index (χ4n) is 1.62. The smallest absolute Gasteiger partial charge is 0.255 e. The second-order valence-corrected chi connectivity index (χ2v) is 5.82. The lowest BCUT2D eigenvalue weighted by Crippen LogP contribution is -2.32. The van der Waals surface area contributed by atoms with Crippen LogP contribution in [-0.2, 0) is 7.05 Å². The average molecular weight is 302 g/mol. The molecule has 96 valence electrons. The molecule has 4 nitrogen and oxygen atoms in total. The molecule has 0 bridgehead atoms. The molecule has 0 fully saturated rings. The molecule has 0 aromatic carbocycles. The summed E-state index contributed by atoms with van der Waals surface area (Å²) in [6.45, 7) is 8.63. The molecule has 1 heterocycles. The zero-order valence-corrected chi connectivity index (χ0v) is 12.6. The van der Waals surface area contributed by atoms with Crippen molar-refractivity contribution in [2.24, 2.45) is 13.0 Å². The first-order valence-corrected chi connectivity index (χ1v) is 6.68. The van der Waals surface area contributed by atoms with Gasteiger partial charge in [-0.05, 0) is 19.8 Å². The number of aryl methyl sites for hydroxylation is 2. The van der Waals surface area contributed by atoms with Crippen LogP contribution in [0.1, 0.15) is 35.6 Å². The van der Waals surface area contributed by atoms with Crippen molar-refractivity contribution in [3.63, 3.8) is 0 Å². The van der Waals surface area contributed by atoms with Gasteiger partial charge in [0.2, 0.25) is 0 Å². The predicted octanol–water partition coefficient (Wildman–Crippen LogP) is 2.19. The Bertz CT molecular complexity index is 412. The van der Waals surface area contributed by atoms with Crippen molar-refractivity contribution in [1.82, 2.24) is 15.1 Å². The van der Waals surface area contributed by atoms with Crippen LogP contribution in [0, 0.1) is 19.8 Å². The van der Waals surface area contributed by atoms with E-state index in [1.54, 1.807) is 4.68 Å². The molecule has 1 aromatic heterocycles. The van der Waals surface area contributed by atoms with Gasteiger partial charge in [-0.3, -0.25) is 9.48 Å². The molecule has 0 saturated heterocycles. The first-order chi connectivity index (χ1) is 7.84. The van der Waals surface area contributed by atoms with Gasteiger partial charge >= 0.3 is 0 Å². The Balaban J connectivity index is 2.71. The maximum absolute atomic E-state index is 12.0. The molecule has 0 saturated carbocycles. The molecule has 1 atom stereocenters. The van der Waals surface area contributed by atoms with Gasteiger partial charge < -0.3 is 5.32 Å². The number of halogens is 1. The summed E-state index contributed by atoms with van der Waals surface area (Å²) in [4.78, 5) is 12.3. The van der Waals surface area contributed by atoms with E-state index in [1.165, 1.54) is 0 Å². The van der Waals surface area contributed by atoms with Crippen molar-refractivity contribution in [2.45, 2.75) is 32.5 Å². The minimum absolute atomic E-state index is 0.0433. The van der Waals surface area contributed by atoms with E-state index < -0.39 is 0 Å². The average Bonchev–Trinajstić information content (AvgIpc) is 2.49. The highest BCUT2D eigenvalue weighted by atomic mass is 79.9. The second kappa shape index (κ2) is 5.67. The number of rotatable bonds is 4. The Morgan fingerprint density at radius 3 is 2.47 bits per heavy atom. The number of hydrogen-bond acceptors (Lipinski definition) is 2. The van der Waals surface area contributed by atoms with E-state index >= 15 is 0 Å². The Morgan fingerprint density at radius 2 is 2.06 bits per heavy atom. The molecule has 1 aromatic rings. The molecule has 1 unspecified atom stereocenters. The van der Waals surface area contributed by atoms with Crippen molar-refractivity contribution in [3.05, 3.63) is 17.0 Å². The third kappa shape index (κ3) is 3.31. The van der Waals surface area contributed by atoms with Gasteiger partial charge in [-0.2, -0.15) is 5.10 Å². The van der Waals surface area contributed by atoms with E-state index in [1.807, 2.05) is 20.9 Å². The van der Waals surface area contributed by atoms with Crippen molar-refractivity contribution in [1.29, 1.82) is 0 Å². The van der Waals surface area contributed by atoms with E-state index in [4.69, 9.17) is 0 Å². The summed E-state index contributed by atoms with van der Waals surface area (Å²) in [6, 6.07) is 0. The van der Waals surface area contributed by atoms with Crippen molar-refractivity contribution < 1.29 is 4.79 Å². The van der Waals surface area contributed by atoms with Crippen molar-refractivity contribution in [2.75, 3.05) is 6.54 Å². The van der Waals surface area contributed by atoms with Crippen LogP contribution in [0.4, 0.5) is 0 Å². The molecular formula is C12H20BrN3O. The number of nitrogens with zero attached hydrogens (tertiary/aromatic N) is 2. The Morgan fingerprint density at radius 1 is 1.47 bits per heavy atom. The van der Waals surface area contributed by atoms with Crippen molar-refractivity contribution >= 4 is 21.8 Å². The Kier molecular flexibility index (Phi) is 4.74. The lowest BCUT2D eigenvalue weighted by molar-refractivity contribution is 0.0951. The fraction of sp³-hybridized carbons (Fsp3) is 0.667. The number of hydrogen-bond donors (Lipinski definition) is 1. The van der Waals surface area contributed by atoms with Crippen molar-refractivity contribution in [3.8, 4) is 0 Å². The van der Waals surface area contributed by atoms with E-state index in [0.717, 1.165) is 11.4 Å². The zero-order chi connectivity index (χ0) is 13.2. The molecule has 1 amide bonds. The van der Waals surface area contributed by atoms with Gasteiger partial charge in [0.1, 0.15) is 0 Å². The fourth-order valence-corrected chi connectivity index (χ4v) is 1.78. The summed E-state index contributed by atoms with van der Waals surface area (Å²) >= 11 is 3.55. The Hall–Kier alpha value is -0.840. The first-order valence-electron chi connectivity index (χ1n) is 5.77. The third-order valence-electron chi connectivity index (χ3n) is 2.92. The molecule has 1 rings (SSSR count). The number of carbonyl (C=O) groups is 1. The van der Waals surface area contributed by atoms with Crippen LogP contribution in [0.25, 0.3) is 0 Å². The highest BCUT2D eigenvalue weighted by Gasteiger charge is 2.18. The minimum Gasteiger partial charge on any atom is -0.351 e. The lowest BCUT2D eigenvalue weighted by atomic mass is 10.1. The molecule has 0 radical (unpaired) electrons. The summed E-state index contributed by atoms with van der Waals surface area (Å²) in [5.74, 6) is 0.449. The number of aromatic nitrogens is 2. The highest BCUT2D eigenvalue weighted by Crippen LogP contribution is 2.13. The second-order valence-electron chi connectivity index (χ2n) is 4.64. The van der Waals surface area contributed by atoms with E-state index in [9.17, 15) is 4.79 Å². The molecule has 17 heavy (non-hydrogen) atoms. The van der Waals surface area contributed by atoms with Crippen LogP contribution in [-0.4, -0.2) is 27.1 Å². The number of alkyl halides is 1. The van der Waals surface area contributed by atoms with Crippen LogP contribution in [0.2, 0.25) is 0 Å². The first kappa shape index (κ1) is 14.2. The van der Waals surface area contributed by atoms with Crippen LogP contribution >= 0.6 is 15.9 Å². The monoisotopic (exact) mass is 301 g/mol. The predicted molar refractivity (Wildman–Crippen MR) is 72.6 cm³/mol. The molecular weight excluding hydrogens is 282 g/mol. The summed E-state index contributed by atoms with van der Waals surface area (Å²) in [5.41, 5.74) is 2.37. The van der Waals surface area contributed by atoms with Gasteiger partial charge in [0.25, 0.3) is 5.91 Å². The SMILES string of the molecule is Cc1nn(C)c(C)c1C(=O)NCC(Br)C(C)C. The molecule has 0 aliphatic carbocycles. The summed E-state index contributed by atoms with van der Waals surface area (Å²) in [5, 5.41) is 7.17. The maximum Gasteiger partial charge on any atom is 0.255 e.